The molecule has 0 bridgehead atoms. The number of unbranched alkanes of at least 4 members (excludes halogenated alkanes) is 5. The highest BCUT2D eigenvalue weighted by atomic mass is 32.2. The van der Waals surface area contributed by atoms with Crippen LogP contribution in [0, 0.1) is 6.92 Å². The molecule has 0 aliphatic rings. The number of hydrogen-bond donors (Lipinski definition) is 1. The molecule has 1 atom stereocenters. The molecule has 0 saturated carbocycles. The molecule has 1 unspecified atom stereocenters. The fraction of sp³-hybridized carbons (Fsp3) is 0.647. The van der Waals surface area contributed by atoms with E-state index in [-0.39, 0.29) is 0 Å². The van der Waals surface area contributed by atoms with Gasteiger partial charge in [-0.15, -0.1) is 11.8 Å². The van der Waals surface area contributed by atoms with Crippen LogP contribution in [0.5, 0.6) is 0 Å². The van der Waals surface area contributed by atoms with Gasteiger partial charge < -0.3 is 5.73 Å². The maximum atomic E-state index is 6.17. The molecule has 0 aliphatic carbocycles. The molecule has 1 rings (SSSR count). The SMILES string of the molecule is CCCCCCCCC(N)CSc1ccc(C)cc1. The van der Waals surface area contributed by atoms with Crippen LogP contribution in [0.2, 0.25) is 0 Å². The van der Waals surface area contributed by atoms with Crippen LogP contribution in [-0.2, 0) is 0 Å². The van der Waals surface area contributed by atoms with E-state index in [1.165, 1.54) is 55.4 Å². The minimum atomic E-state index is 0.345. The third kappa shape index (κ3) is 8.33. The molecule has 0 saturated heterocycles. The lowest BCUT2D eigenvalue weighted by Gasteiger charge is -2.11. The Bertz CT molecular complexity index is 321. The van der Waals surface area contributed by atoms with E-state index < -0.39 is 0 Å². The van der Waals surface area contributed by atoms with Crippen LogP contribution in [0.1, 0.15) is 57.4 Å². The van der Waals surface area contributed by atoms with Crippen molar-refractivity contribution in [3.8, 4) is 0 Å². The summed E-state index contributed by atoms with van der Waals surface area (Å²) >= 11 is 1.88. The topological polar surface area (TPSA) is 26.0 Å². The van der Waals surface area contributed by atoms with Crippen molar-refractivity contribution in [3.05, 3.63) is 29.8 Å². The molecule has 19 heavy (non-hydrogen) atoms. The monoisotopic (exact) mass is 279 g/mol. The first-order chi connectivity index (χ1) is 9.22. The number of rotatable bonds is 10. The van der Waals surface area contributed by atoms with Crippen molar-refractivity contribution < 1.29 is 0 Å². The van der Waals surface area contributed by atoms with Crippen LogP contribution >= 0.6 is 11.8 Å². The summed E-state index contributed by atoms with van der Waals surface area (Å²) in [4.78, 5) is 1.34. The lowest BCUT2D eigenvalue weighted by atomic mass is 10.1. The lowest BCUT2D eigenvalue weighted by molar-refractivity contribution is 0.557. The number of benzene rings is 1. The first-order valence-corrected chi connectivity index (χ1v) is 8.66. The Kier molecular flexibility index (Phi) is 9.02. The Morgan fingerprint density at radius 2 is 1.63 bits per heavy atom. The third-order valence-corrected chi connectivity index (χ3v) is 4.61. The second kappa shape index (κ2) is 10.3. The summed E-state index contributed by atoms with van der Waals surface area (Å²) in [6, 6.07) is 9.07. The van der Waals surface area contributed by atoms with E-state index in [0.29, 0.717) is 6.04 Å². The molecule has 0 fully saturated rings. The van der Waals surface area contributed by atoms with Crippen LogP contribution in [0.25, 0.3) is 0 Å². The van der Waals surface area contributed by atoms with Crippen molar-refractivity contribution in [1.29, 1.82) is 0 Å². The molecule has 0 heterocycles. The largest absolute Gasteiger partial charge is 0.327 e. The van der Waals surface area contributed by atoms with Gasteiger partial charge in [0, 0.05) is 16.7 Å². The van der Waals surface area contributed by atoms with E-state index in [0.717, 1.165) is 5.75 Å². The molecule has 1 nitrogen and oxygen atoms in total. The van der Waals surface area contributed by atoms with Gasteiger partial charge in [0.05, 0.1) is 0 Å². The van der Waals surface area contributed by atoms with Gasteiger partial charge in [0.15, 0.2) is 0 Å². The van der Waals surface area contributed by atoms with Crippen molar-refractivity contribution in [3.63, 3.8) is 0 Å². The fourth-order valence-corrected chi connectivity index (χ4v) is 3.01. The number of nitrogens with two attached hydrogens (primary N) is 1. The number of thioether (sulfide) groups is 1. The Morgan fingerprint density at radius 1 is 1.00 bits per heavy atom. The minimum absolute atomic E-state index is 0.345. The molecule has 2 heteroatoms. The molecular formula is C17H29NS. The second-order valence-electron chi connectivity index (χ2n) is 5.44. The first-order valence-electron chi connectivity index (χ1n) is 7.67. The maximum Gasteiger partial charge on any atom is 0.0133 e. The molecule has 108 valence electrons. The average Bonchev–Trinajstić information content (AvgIpc) is 2.42. The van der Waals surface area contributed by atoms with Crippen molar-refractivity contribution >= 4 is 11.8 Å². The van der Waals surface area contributed by atoms with E-state index in [2.05, 4.69) is 38.1 Å². The first kappa shape index (κ1) is 16.6. The van der Waals surface area contributed by atoms with Gasteiger partial charge in [0.2, 0.25) is 0 Å². The van der Waals surface area contributed by atoms with Gasteiger partial charge in [0.25, 0.3) is 0 Å². The van der Waals surface area contributed by atoms with Crippen LogP contribution < -0.4 is 5.73 Å². The van der Waals surface area contributed by atoms with Crippen molar-refractivity contribution in [1.82, 2.24) is 0 Å². The summed E-state index contributed by atoms with van der Waals surface area (Å²) in [5.74, 6) is 1.04. The fourth-order valence-electron chi connectivity index (χ4n) is 2.11. The van der Waals surface area contributed by atoms with E-state index in [1.807, 2.05) is 11.8 Å². The second-order valence-corrected chi connectivity index (χ2v) is 6.53. The Morgan fingerprint density at radius 3 is 2.32 bits per heavy atom. The third-order valence-electron chi connectivity index (χ3n) is 3.41. The molecule has 1 aromatic carbocycles. The van der Waals surface area contributed by atoms with Crippen LogP contribution in [0.3, 0.4) is 0 Å². The molecule has 0 aliphatic heterocycles. The molecule has 1 aromatic rings. The van der Waals surface area contributed by atoms with Gasteiger partial charge in [-0.3, -0.25) is 0 Å². The van der Waals surface area contributed by atoms with Crippen LogP contribution in [0.4, 0.5) is 0 Å². The standard InChI is InChI=1S/C17H29NS/c1-3-4-5-6-7-8-9-16(18)14-19-17-12-10-15(2)11-13-17/h10-13,16H,3-9,14,18H2,1-2H3. The highest BCUT2D eigenvalue weighted by molar-refractivity contribution is 7.99. The summed E-state index contributed by atoms with van der Waals surface area (Å²) in [6.45, 7) is 4.39. The number of hydrogen-bond acceptors (Lipinski definition) is 2. The van der Waals surface area contributed by atoms with E-state index in [9.17, 15) is 0 Å². The zero-order valence-corrected chi connectivity index (χ0v) is 13.3. The molecule has 0 radical (unpaired) electrons. The van der Waals surface area contributed by atoms with E-state index in [4.69, 9.17) is 5.73 Å². The maximum absolute atomic E-state index is 6.17. The Labute approximate surface area is 123 Å². The predicted octanol–water partition coefficient (Wildman–Crippen LogP) is 5.17. The van der Waals surface area contributed by atoms with Gasteiger partial charge in [-0.1, -0.05) is 63.1 Å². The zero-order chi connectivity index (χ0) is 13.9. The lowest BCUT2D eigenvalue weighted by Crippen LogP contribution is -2.22. The summed E-state index contributed by atoms with van der Waals surface area (Å²) < 4.78 is 0. The van der Waals surface area contributed by atoms with Gasteiger partial charge in [-0.25, -0.2) is 0 Å². The van der Waals surface area contributed by atoms with Gasteiger partial charge in [-0.05, 0) is 25.5 Å². The Balaban J connectivity index is 2.04. The number of aryl methyl sites for hydroxylation is 1. The quantitative estimate of drug-likeness (QED) is 0.472. The summed E-state index contributed by atoms with van der Waals surface area (Å²) in [6.07, 6.45) is 9.30. The highest BCUT2D eigenvalue weighted by Crippen LogP contribution is 2.20. The molecular weight excluding hydrogens is 250 g/mol. The molecule has 0 amide bonds. The summed E-state index contributed by atoms with van der Waals surface area (Å²) in [7, 11) is 0. The smallest absolute Gasteiger partial charge is 0.0133 e. The molecule has 2 N–H and O–H groups in total. The van der Waals surface area contributed by atoms with Gasteiger partial charge in [0.1, 0.15) is 0 Å². The predicted molar refractivity (Wildman–Crippen MR) is 87.9 cm³/mol. The van der Waals surface area contributed by atoms with Crippen LogP contribution in [0.15, 0.2) is 29.2 Å². The minimum Gasteiger partial charge on any atom is -0.327 e. The Hall–Kier alpha value is -0.470. The zero-order valence-electron chi connectivity index (χ0n) is 12.5. The average molecular weight is 279 g/mol. The van der Waals surface area contributed by atoms with Crippen LogP contribution in [-0.4, -0.2) is 11.8 Å². The molecule has 0 spiro atoms. The highest BCUT2D eigenvalue weighted by Gasteiger charge is 2.03. The summed E-state index contributed by atoms with van der Waals surface area (Å²) in [5.41, 5.74) is 7.49. The van der Waals surface area contributed by atoms with E-state index >= 15 is 0 Å². The van der Waals surface area contributed by atoms with Crippen molar-refractivity contribution in [2.75, 3.05) is 5.75 Å². The van der Waals surface area contributed by atoms with E-state index in [1.54, 1.807) is 0 Å². The van der Waals surface area contributed by atoms with Crippen molar-refractivity contribution in [2.24, 2.45) is 5.73 Å². The molecule has 0 aromatic heterocycles. The van der Waals surface area contributed by atoms with Gasteiger partial charge >= 0.3 is 0 Å². The normalized spacial score (nSPS) is 12.6. The summed E-state index contributed by atoms with van der Waals surface area (Å²) in [5, 5.41) is 0. The van der Waals surface area contributed by atoms with Gasteiger partial charge in [-0.2, -0.15) is 0 Å². The van der Waals surface area contributed by atoms with Crippen molar-refractivity contribution in [2.45, 2.75) is 69.7 Å².